The summed E-state index contributed by atoms with van der Waals surface area (Å²) in [5.74, 6) is -0.527. The number of rotatable bonds is 0. The highest BCUT2D eigenvalue weighted by Gasteiger charge is 2.86. The van der Waals surface area contributed by atoms with E-state index in [1.165, 1.54) is 0 Å². The molecule has 6 rings (SSSR count). The molecule has 0 amide bonds. The molecule has 6 aliphatic rings. The summed E-state index contributed by atoms with van der Waals surface area (Å²) in [7, 11) is 0. The number of hydrogen-bond donors (Lipinski definition) is 2. The van der Waals surface area contributed by atoms with E-state index >= 15 is 0 Å². The van der Waals surface area contributed by atoms with Gasteiger partial charge in [-0.3, -0.25) is 4.79 Å². The van der Waals surface area contributed by atoms with Crippen molar-refractivity contribution in [1.82, 2.24) is 0 Å². The minimum Gasteiger partial charge on any atom is -0.462 e. The monoisotopic (exact) mass is 362 g/mol. The van der Waals surface area contributed by atoms with Crippen LogP contribution < -0.4 is 0 Å². The highest BCUT2D eigenvalue weighted by atomic mass is 16.6. The Kier molecular flexibility index (Phi) is 2.70. The molecule has 0 aromatic heterocycles. The molecule has 6 nitrogen and oxygen atoms in total. The summed E-state index contributed by atoms with van der Waals surface area (Å²) in [6.07, 6.45) is -0.0145. The van der Waals surface area contributed by atoms with Gasteiger partial charge in [0.15, 0.2) is 6.29 Å². The Bertz CT molecular complexity index is 732. The SMILES string of the molecule is C=C1C2CC3(C(=O)OC4CCC(C)(C)C5C(O)OCC3(C3OC23)C45)C1O. The van der Waals surface area contributed by atoms with Crippen LogP contribution in [0.15, 0.2) is 12.2 Å². The van der Waals surface area contributed by atoms with Crippen molar-refractivity contribution < 1.29 is 29.2 Å². The largest absolute Gasteiger partial charge is 0.462 e. The summed E-state index contributed by atoms with van der Waals surface area (Å²) in [5, 5.41) is 21.9. The molecule has 10 unspecified atom stereocenters. The molecule has 2 spiro atoms. The van der Waals surface area contributed by atoms with Crippen LogP contribution in [0.3, 0.4) is 0 Å². The van der Waals surface area contributed by atoms with Crippen molar-refractivity contribution in [1.29, 1.82) is 0 Å². The Morgan fingerprint density at radius 3 is 2.77 bits per heavy atom. The van der Waals surface area contributed by atoms with E-state index in [1.54, 1.807) is 0 Å². The molecule has 142 valence electrons. The van der Waals surface area contributed by atoms with Crippen molar-refractivity contribution in [2.75, 3.05) is 6.61 Å². The van der Waals surface area contributed by atoms with E-state index in [0.29, 0.717) is 12.0 Å². The van der Waals surface area contributed by atoms with E-state index in [9.17, 15) is 15.0 Å². The number of epoxide rings is 1. The van der Waals surface area contributed by atoms with Gasteiger partial charge in [0.1, 0.15) is 11.5 Å². The van der Waals surface area contributed by atoms with Gasteiger partial charge in [-0.05, 0) is 30.3 Å². The van der Waals surface area contributed by atoms with E-state index in [1.807, 2.05) is 0 Å². The molecule has 2 bridgehead atoms. The molecule has 3 aliphatic carbocycles. The normalized spacial score (nSPS) is 61.2. The lowest BCUT2D eigenvalue weighted by molar-refractivity contribution is -0.332. The molecule has 3 aliphatic heterocycles. The van der Waals surface area contributed by atoms with E-state index in [-0.39, 0.29) is 54.1 Å². The highest BCUT2D eigenvalue weighted by molar-refractivity contribution is 5.83. The molecule has 3 saturated carbocycles. The molecule has 6 fully saturated rings. The quantitative estimate of drug-likeness (QED) is 0.380. The molecule has 3 saturated heterocycles. The van der Waals surface area contributed by atoms with Crippen LogP contribution in [0, 0.1) is 34.0 Å². The van der Waals surface area contributed by atoms with Gasteiger partial charge in [-0.25, -0.2) is 0 Å². The summed E-state index contributed by atoms with van der Waals surface area (Å²) in [6.45, 7) is 8.64. The Morgan fingerprint density at radius 2 is 2.00 bits per heavy atom. The first kappa shape index (κ1) is 16.0. The summed E-state index contributed by atoms with van der Waals surface area (Å²) in [5.41, 5.74) is -1.14. The van der Waals surface area contributed by atoms with Crippen LogP contribution in [-0.2, 0) is 19.0 Å². The smallest absolute Gasteiger partial charge is 0.316 e. The Balaban J connectivity index is 1.60. The van der Waals surface area contributed by atoms with Gasteiger partial charge in [0.2, 0.25) is 0 Å². The zero-order valence-corrected chi connectivity index (χ0v) is 15.2. The van der Waals surface area contributed by atoms with Gasteiger partial charge >= 0.3 is 5.97 Å². The van der Waals surface area contributed by atoms with Crippen molar-refractivity contribution in [2.24, 2.45) is 34.0 Å². The van der Waals surface area contributed by atoms with Gasteiger partial charge in [-0.2, -0.15) is 0 Å². The summed E-state index contributed by atoms with van der Waals surface area (Å²) in [6, 6.07) is 0. The third kappa shape index (κ3) is 1.41. The minimum atomic E-state index is -1.06. The molecule has 3 heterocycles. The van der Waals surface area contributed by atoms with Crippen molar-refractivity contribution >= 4 is 5.97 Å². The number of ether oxygens (including phenoxy) is 3. The molecule has 0 aromatic rings. The second-order valence-corrected chi connectivity index (χ2v) is 10.0. The zero-order chi connectivity index (χ0) is 18.2. The van der Waals surface area contributed by atoms with E-state index in [2.05, 4.69) is 20.4 Å². The number of aliphatic hydroxyl groups is 2. The van der Waals surface area contributed by atoms with Crippen LogP contribution in [0.2, 0.25) is 0 Å². The number of esters is 1. The van der Waals surface area contributed by atoms with Crippen LogP contribution in [0.25, 0.3) is 0 Å². The second kappa shape index (κ2) is 4.37. The molecule has 0 aromatic carbocycles. The van der Waals surface area contributed by atoms with E-state index < -0.39 is 23.2 Å². The number of hydrogen-bond acceptors (Lipinski definition) is 6. The number of fused-ring (bicyclic) bond motifs is 3. The van der Waals surface area contributed by atoms with Crippen molar-refractivity contribution in [3.63, 3.8) is 0 Å². The standard InChI is InChI=1S/C20H26O6/c1-8-9-6-19(14(8)21)17(23)25-10-4-5-18(2,3)12-11(10)20(19,7-24-16(12)22)15-13(9)26-15/h9-16,21-22H,1,4-7H2,2-3H3. The number of carbonyl (C=O) groups excluding carboxylic acids is 1. The van der Waals surface area contributed by atoms with Crippen molar-refractivity contribution in [2.45, 2.75) is 63.8 Å². The van der Waals surface area contributed by atoms with Crippen LogP contribution >= 0.6 is 0 Å². The predicted molar refractivity (Wildman–Crippen MR) is 88.6 cm³/mol. The third-order valence-corrected chi connectivity index (χ3v) is 8.88. The maximum absolute atomic E-state index is 13.3. The molecule has 2 N–H and O–H groups in total. The van der Waals surface area contributed by atoms with Crippen LogP contribution in [0.1, 0.15) is 33.1 Å². The Hall–Kier alpha value is -0.950. The van der Waals surface area contributed by atoms with Gasteiger partial charge in [0.25, 0.3) is 0 Å². The van der Waals surface area contributed by atoms with Gasteiger partial charge < -0.3 is 24.4 Å². The molecule has 0 radical (unpaired) electrons. The maximum Gasteiger partial charge on any atom is 0.316 e. The van der Waals surface area contributed by atoms with Crippen LogP contribution in [0.5, 0.6) is 0 Å². The van der Waals surface area contributed by atoms with Crippen LogP contribution in [0.4, 0.5) is 0 Å². The third-order valence-electron chi connectivity index (χ3n) is 8.88. The van der Waals surface area contributed by atoms with Gasteiger partial charge in [0, 0.05) is 23.2 Å². The summed E-state index contributed by atoms with van der Waals surface area (Å²) >= 11 is 0. The lowest BCUT2D eigenvalue weighted by Gasteiger charge is -2.66. The lowest BCUT2D eigenvalue weighted by atomic mass is 9.42. The topological polar surface area (TPSA) is 88.5 Å². The van der Waals surface area contributed by atoms with Crippen LogP contribution in [-0.4, -0.2) is 53.5 Å². The first-order valence-corrected chi connectivity index (χ1v) is 9.79. The first-order chi connectivity index (χ1) is 12.3. The fourth-order valence-corrected chi connectivity index (χ4v) is 7.65. The average molecular weight is 362 g/mol. The second-order valence-electron chi connectivity index (χ2n) is 10.0. The van der Waals surface area contributed by atoms with Gasteiger partial charge in [-0.15, -0.1) is 0 Å². The van der Waals surface area contributed by atoms with Gasteiger partial charge in [0.05, 0.1) is 24.9 Å². The fraction of sp³-hybridized carbons (Fsp3) is 0.850. The molecule has 6 heteroatoms. The van der Waals surface area contributed by atoms with E-state index in [0.717, 1.165) is 12.8 Å². The molecule has 10 atom stereocenters. The molecular formula is C20H26O6. The summed E-state index contributed by atoms with van der Waals surface area (Å²) in [4.78, 5) is 13.3. The average Bonchev–Trinajstić information content (AvgIpc) is 3.35. The Labute approximate surface area is 152 Å². The highest BCUT2D eigenvalue weighted by Crippen LogP contribution is 2.76. The first-order valence-electron chi connectivity index (χ1n) is 9.79. The maximum atomic E-state index is 13.3. The summed E-state index contributed by atoms with van der Waals surface area (Å²) < 4.78 is 18.0. The van der Waals surface area contributed by atoms with E-state index in [4.69, 9.17) is 14.2 Å². The molecule has 26 heavy (non-hydrogen) atoms. The predicted octanol–water partition coefficient (Wildman–Crippen LogP) is 1.00. The van der Waals surface area contributed by atoms with Crippen molar-refractivity contribution in [3.05, 3.63) is 12.2 Å². The number of carbonyl (C=O) groups is 1. The van der Waals surface area contributed by atoms with Gasteiger partial charge in [-0.1, -0.05) is 20.4 Å². The number of aliphatic hydroxyl groups excluding tert-OH is 2. The van der Waals surface area contributed by atoms with Crippen molar-refractivity contribution in [3.8, 4) is 0 Å². The minimum absolute atomic E-state index is 0.00357. The zero-order valence-electron chi connectivity index (χ0n) is 15.2. The fourth-order valence-electron chi connectivity index (χ4n) is 7.65. The lowest BCUT2D eigenvalue weighted by Crippen LogP contribution is -2.75. The Morgan fingerprint density at radius 1 is 1.23 bits per heavy atom. The molecular weight excluding hydrogens is 336 g/mol.